The lowest BCUT2D eigenvalue weighted by Crippen LogP contribution is -1.92. The van der Waals surface area contributed by atoms with E-state index in [-0.39, 0.29) is 5.78 Å². The second kappa shape index (κ2) is 4.40. The number of ketones is 1. The Hall–Kier alpha value is -2.34. The summed E-state index contributed by atoms with van der Waals surface area (Å²) in [6.45, 7) is 1.54. The molecule has 0 fully saturated rings. The fraction of sp³-hybridized carbons (Fsp3) is 0.0769. The first-order valence-corrected chi connectivity index (χ1v) is 6.45. The van der Waals surface area contributed by atoms with Crippen molar-refractivity contribution in [2.75, 3.05) is 5.73 Å². The zero-order chi connectivity index (χ0) is 13.4. The highest BCUT2D eigenvalue weighted by Gasteiger charge is 2.07. The molecule has 0 radical (unpaired) electrons. The van der Waals surface area contributed by atoms with Gasteiger partial charge in [-0.1, -0.05) is 35.6 Å². The fourth-order valence-electron chi connectivity index (χ4n) is 1.75. The molecule has 6 heteroatoms. The molecule has 0 unspecified atom stereocenters. The van der Waals surface area contributed by atoms with E-state index in [0.29, 0.717) is 21.2 Å². The maximum atomic E-state index is 11.2. The van der Waals surface area contributed by atoms with Crippen molar-refractivity contribution < 1.29 is 4.79 Å². The topological polar surface area (TPSA) is 81.8 Å². The molecule has 3 rings (SSSR count). The number of nitrogen functional groups attached to an aromatic ring is 1. The summed E-state index contributed by atoms with van der Waals surface area (Å²) in [7, 11) is 0. The number of fused-ring (bicyclic) bond motifs is 1. The summed E-state index contributed by atoms with van der Waals surface area (Å²) in [5.41, 5.74) is 8.52. The third kappa shape index (κ3) is 2.17. The van der Waals surface area contributed by atoms with Crippen molar-refractivity contribution in [2.45, 2.75) is 6.92 Å². The quantitative estimate of drug-likeness (QED) is 0.724. The molecular weight excluding hydrogens is 260 g/mol. The van der Waals surface area contributed by atoms with Crippen molar-refractivity contribution in [1.82, 2.24) is 15.0 Å². The SMILES string of the molecule is CC(=O)c1ccc(-c2cnc3nc(N)sc3n2)cc1. The van der Waals surface area contributed by atoms with E-state index in [4.69, 9.17) is 5.73 Å². The molecule has 2 heterocycles. The van der Waals surface area contributed by atoms with Gasteiger partial charge in [-0.15, -0.1) is 0 Å². The molecule has 3 aromatic rings. The van der Waals surface area contributed by atoms with Crippen molar-refractivity contribution in [3.8, 4) is 11.3 Å². The molecule has 0 saturated carbocycles. The van der Waals surface area contributed by atoms with Crippen LogP contribution >= 0.6 is 11.3 Å². The smallest absolute Gasteiger partial charge is 0.191 e. The first-order chi connectivity index (χ1) is 9.13. The van der Waals surface area contributed by atoms with Crippen molar-refractivity contribution in [3.05, 3.63) is 36.0 Å². The number of Topliss-reactive ketones (excluding diaryl/α,β-unsaturated/α-hetero) is 1. The van der Waals surface area contributed by atoms with Gasteiger partial charge in [-0.3, -0.25) is 4.79 Å². The molecule has 94 valence electrons. The average Bonchev–Trinajstić information content (AvgIpc) is 2.77. The number of thiazole rings is 1. The van der Waals surface area contributed by atoms with E-state index in [1.54, 1.807) is 25.3 Å². The third-order valence-corrected chi connectivity index (χ3v) is 3.49. The first kappa shape index (κ1) is 11.7. The standard InChI is InChI=1S/C13H10N4OS/c1-7(18)8-2-4-9(5-3-8)10-6-15-11-12(16-10)19-13(14)17-11/h2-6H,1H3,(H2,14,15,17). The van der Waals surface area contributed by atoms with Gasteiger partial charge in [-0.05, 0) is 6.92 Å². The first-order valence-electron chi connectivity index (χ1n) is 5.64. The van der Waals surface area contributed by atoms with Crippen molar-refractivity contribution in [1.29, 1.82) is 0 Å². The van der Waals surface area contributed by atoms with Gasteiger partial charge in [0, 0.05) is 11.1 Å². The zero-order valence-electron chi connectivity index (χ0n) is 10.1. The molecule has 0 atom stereocenters. The maximum Gasteiger partial charge on any atom is 0.191 e. The molecular formula is C13H10N4OS. The number of benzene rings is 1. The molecule has 0 aliphatic rings. The van der Waals surface area contributed by atoms with Crippen LogP contribution in [0.5, 0.6) is 0 Å². The normalized spacial score (nSPS) is 10.8. The third-order valence-electron chi connectivity index (χ3n) is 2.73. The minimum atomic E-state index is 0.0447. The van der Waals surface area contributed by atoms with Crippen LogP contribution in [0.15, 0.2) is 30.5 Å². The van der Waals surface area contributed by atoms with Gasteiger partial charge in [0.15, 0.2) is 21.4 Å². The van der Waals surface area contributed by atoms with Crippen molar-refractivity contribution in [2.24, 2.45) is 0 Å². The predicted molar refractivity (Wildman–Crippen MR) is 75.1 cm³/mol. The molecule has 5 nitrogen and oxygen atoms in total. The van der Waals surface area contributed by atoms with Gasteiger partial charge < -0.3 is 5.73 Å². The Morgan fingerprint density at radius 2 is 1.95 bits per heavy atom. The van der Waals surface area contributed by atoms with E-state index in [1.807, 2.05) is 12.1 Å². The molecule has 0 saturated heterocycles. The summed E-state index contributed by atoms with van der Waals surface area (Å²) in [5, 5.41) is 0.457. The summed E-state index contributed by atoms with van der Waals surface area (Å²) >= 11 is 1.31. The Morgan fingerprint density at radius 1 is 1.21 bits per heavy atom. The van der Waals surface area contributed by atoms with Gasteiger partial charge in [-0.2, -0.15) is 4.98 Å². The van der Waals surface area contributed by atoms with Crippen LogP contribution in [0.3, 0.4) is 0 Å². The summed E-state index contributed by atoms with van der Waals surface area (Å²) < 4.78 is 0. The number of nitrogens with two attached hydrogens (primary N) is 1. The number of nitrogens with zero attached hydrogens (tertiary/aromatic N) is 3. The monoisotopic (exact) mass is 270 g/mol. The summed E-state index contributed by atoms with van der Waals surface area (Å²) in [6.07, 6.45) is 1.66. The molecule has 2 N–H and O–H groups in total. The van der Waals surface area contributed by atoms with Crippen LogP contribution < -0.4 is 5.73 Å². The van der Waals surface area contributed by atoms with Gasteiger partial charge in [-0.25, -0.2) is 9.97 Å². The lowest BCUT2D eigenvalue weighted by Gasteiger charge is -2.01. The van der Waals surface area contributed by atoms with Crippen LogP contribution in [0.25, 0.3) is 21.7 Å². The Kier molecular flexibility index (Phi) is 2.72. The number of carbonyl (C=O) groups excluding carboxylic acids is 1. The van der Waals surface area contributed by atoms with E-state index in [0.717, 1.165) is 11.3 Å². The largest absolute Gasteiger partial charge is 0.375 e. The summed E-state index contributed by atoms with van der Waals surface area (Å²) in [4.78, 5) is 24.7. The van der Waals surface area contributed by atoms with Crippen molar-refractivity contribution >= 4 is 32.7 Å². The summed E-state index contributed by atoms with van der Waals surface area (Å²) in [5.74, 6) is 0.0447. The van der Waals surface area contributed by atoms with Gasteiger partial charge >= 0.3 is 0 Å². The average molecular weight is 270 g/mol. The minimum Gasteiger partial charge on any atom is -0.375 e. The zero-order valence-corrected chi connectivity index (χ0v) is 10.9. The Balaban J connectivity index is 2.05. The van der Waals surface area contributed by atoms with Crippen LogP contribution in [-0.2, 0) is 0 Å². The van der Waals surface area contributed by atoms with Crippen LogP contribution in [0.1, 0.15) is 17.3 Å². The highest BCUT2D eigenvalue weighted by Crippen LogP contribution is 2.24. The fourth-order valence-corrected chi connectivity index (χ4v) is 2.42. The van der Waals surface area contributed by atoms with Crippen LogP contribution in [0.2, 0.25) is 0 Å². The molecule has 1 aromatic carbocycles. The summed E-state index contributed by atoms with van der Waals surface area (Å²) in [6, 6.07) is 7.28. The van der Waals surface area contributed by atoms with Crippen LogP contribution in [0, 0.1) is 0 Å². The van der Waals surface area contributed by atoms with Gasteiger partial charge in [0.1, 0.15) is 0 Å². The Morgan fingerprint density at radius 3 is 2.63 bits per heavy atom. The van der Waals surface area contributed by atoms with Gasteiger partial charge in [0.25, 0.3) is 0 Å². The Bertz CT molecular complexity index is 764. The number of anilines is 1. The lowest BCUT2D eigenvalue weighted by atomic mass is 10.1. The van der Waals surface area contributed by atoms with E-state index in [9.17, 15) is 4.79 Å². The number of carbonyl (C=O) groups is 1. The molecule has 0 aliphatic heterocycles. The minimum absolute atomic E-state index is 0.0447. The lowest BCUT2D eigenvalue weighted by molar-refractivity contribution is 0.101. The van der Waals surface area contributed by atoms with Gasteiger partial charge in [0.2, 0.25) is 0 Å². The molecule has 0 amide bonds. The Labute approximate surface area is 113 Å². The van der Waals surface area contributed by atoms with E-state index in [2.05, 4.69) is 15.0 Å². The highest BCUT2D eigenvalue weighted by molar-refractivity contribution is 7.21. The second-order valence-corrected chi connectivity index (χ2v) is 5.08. The van der Waals surface area contributed by atoms with Gasteiger partial charge in [0.05, 0.1) is 11.9 Å². The maximum absolute atomic E-state index is 11.2. The number of aromatic nitrogens is 3. The molecule has 19 heavy (non-hydrogen) atoms. The molecule has 0 bridgehead atoms. The van der Waals surface area contributed by atoms with E-state index >= 15 is 0 Å². The molecule has 0 spiro atoms. The molecule has 2 aromatic heterocycles. The van der Waals surface area contributed by atoms with Crippen LogP contribution in [-0.4, -0.2) is 20.7 Å². The predicted octanol–water partition coefficient (Wildman–Crippen LogP) is 2.54. The highest BCUT2D eigenvalue weighted by atomic mass is 32.1. The van der Waals surface area contributed by atoms with E-state index < -0.39 is 0 Å². The number of rotatable bonds is 2. The number of hydrogen-bond donors (Lipinski definition) is 1. The second-order valence-electron chi connectivity index (χ2n) is 4.07. The number of hydrogen-bond acceptors (Lipinski definition) is 6. The van der Waals surface area contributed by atoms with Crippen LogP contribution in [0.4, 0.5) is 5.13 Å². The van der Waals surface area contributed by atoms with E-state index in [1.165, 1.54) is 11.3 Å². The molecule has 0 aliphatic carbocycles. The van der Waals surface area contributed by atoms with Crippen molar-refractivity contribution in [3.63, 3.8) is 0 Å².